The molecule has 0 fully saturated rings. The highest BCUT2D eigenvalue weighted by atomic mass is 16.6. The van der Waals surface area contributed by atoms with Gasteiger partial charge in [-0.05, 0) is 24.0 Å². The first-order valence-corrected chi connectivity index (χ1v) is 8.61. The largest absolute Gasteiger partial charge is 0.292 e. The number of hydrogen-bond donors (Lipinski definition) is 0. The average molecular weight is 366 g/mol. The van der Waals surface area contributed by atoms with E-state index in [9.17, 15) is 24.5 Å². The Morgan fingerprint density at radius 2 is 1.70 bits per heavy atom. The van der Waals surface area contributed by atoms with Crippen molar-refractivity contribution in [1.82, 2.24) is 4.90 Å². The third kappa shape index (κ3) is 3.36. The summed E-state index contributed by atoms with van der Waals surface area (Å²) in [4.78, 5) is 48.5. The fourth-order valence-electron chi connectivity index (χ4n) is 3.00. The van der Waals surface area contributed by atoms with Crippen molar-refractivity contribution in [1.29, 1.82) is 0 Å². The number of benzene rings is 2. The van der Waals surface area contributed by atoms with Gasteiger partial charge in [0.05, 0.1) is 22.6 Å². The predicted molar refractivity (Wildman–Crippen MR) is 97.9 cm³/mol. The zero-order chi connectivity index (χ0) is 19.7. The first kappa shape index (κ1) is 18.4. The van der Waals surface area contributed by atoms with E-state index in [1.165, 1.54) is 12.1 Å². The van der Waals surface area contributed by atoms with Gasteiger partial charge in [0.1, 0.15) is 0 Å². The van der Waals surface area contributed by atoms with Crippen LogP contribution in [0, 0.1) is 10.1 Å². The normalized spacial score (nSPS) is 14.2. The van der Waals surface area contributed by atoms with E-state index in [1.54, 1.807) is 12.1 Å². The molecule has 0 aliphatic carbocycles. The van der Waals surface area contributed by atoms with Gasteiger partial charge in [0.2, 0.25) is 0 Å². The Kier molecular flexibility index (Phi) is 4.85. The fourth-order valence-corrected chi connectivity index (χ4v) is 3.00. The van der Waals surface area contributed by atoms with Crippen LogP contribution in [-0.2, 0) is 0 Å². The van der Waals surface area contributed by atoms with Gasteiger partial charge in [-0.1, -0.05) is 38.1 Å². The Bertz CT molecular complexity index is 949. The molecule has 1 aliphatic rings. The lowest BCUT2D eigenvalue weighted by Gasteiger charge is -2.13. The highest BCUT2D eigenvalue weighted by Gasteiger charge is 2.37. The Morgan fingerprint density at radius 3 is 2.30 bits per heavy atom. The van der Waals surface area contributed by atoms with Crippen LogP contribution in [0.15, 0.2) is 42.5 Å². The summed E-state index contributed by atoms with van der Waals surface area (Å²) in [7, 11) is 0. The van der Waals surface area contributed by atoms with Crippen LogP contribution < -0.4 is 0 Å². The molecule has 0 unspecified atom stereocenters. The van der Waals surface area contributed by atoms with Gasteiger partial charge in [-0.2, -0.15) is 0 Å². The molecule has 0 saturated carbocycles. The molecular formula is C20H18N2O5. The fraction of sp³-hybridized carbons (Fsp3) is 0.250. The van der Waals surface area contributed by atoms with Crippen molar-refractivity contribution < 1.29 is 19.3 Å². The molecule has 0 spiro atoms. The number of Topliss-reactive ketones (excluding diaryl/α,β-unsaturated/α-hetero) is 1. The molecule has 7 nitrogen and oxygen atoms in total. The Balaban J connectivity index is 1.79. The summed E-state index contributed by atoms with van der Waals surface area (Å²) in [5.74, 6) is -1.30. The van der Waals surface area contributed by atoms with Crippen LogP contribution in [0.25, 0.3) is 0 Å². The molecule has 0 bridgehead atoms. The molecule has 2 aromatic rings. The smallest absolute Gasteiger partial charge is 0.270 e. The monoisotopic (exact) mass is 366 g/mol. The molecule has 0 saturated heterocycles. The molecule has 3 rings (SSSR count). The van der Waals surface area contributed by atoms with Crippen molar-refractivity contribution in [3.8, 4) is 0 Å². The SMILES string of the molecule is CC[C@H](C)c1ccc(C(=O)CN2C(=O)c3ccc([N+](=O)[O-])cc3C2=O)cc1. The predicted octanol–water partition coefficient (Wildman–Crippen LogP) is 3.59. The van der Waals surface area contributed by atoms with Gasteiger partial charge >= 0.3 is 0 Å². The van der Waals surface area contributed by atoms with Crippen LogP contribution in [0.5, 0.6) is 0 Å². The van der Waals surface area contributed by atoms with Gasteiger partial charge in [0.25, 0.3) is 17.5 Å². The maximum absolute atomic E-state index is 12.5. The van der Waals surface area contributed by atoms with Crippen molar-refractivity contribution in [3.05, 3.63) is 74.8 Å². The number of nitrogens with zero attached hydrogens (tertiary/aromatic N) is 2. The van der Waals surface area contributed by atoms with Gasteiger partial charge in [-0.15, -0.1) is 0 Å². The van der Waals surface area contributed by atoms with Crippen molar-refractivity contribution in [2.24, 2.45) is 0 Å². The van der Waals surface area contributed by atoms with Crippen molar-refractivity contribution >= 4 is 23.3 Å². The summed E-state index contributed by atoms with van der Waals surface area (Å²) in [5.41, 5.74) is 1.27. The van der Waals surface area contributed by atoms with Gasteiger partial charge in [-0.25, -0.2) is 0 Å². The van der Waals surface area contributed by atoms with E-state index in [-0.39, 0.29) is 22.6 Å². The Hall–Kier alpha value is -3.35. The van der Waals surface area contributed by atoms with Crippen molar-refractivity contribution in [2.45, 2.75) is 26.2 Å². The third-order valence-electron chi connectivity index (χ3n) is 4.88. The quantitative estimate of drug-likeness (QED) is 0.337. The number of hydrogen-bond acceptors (Lipinski definition) is 5. The number of ketones is 1. The molecule has 1 heterocycles. The van der Waals surface area contributed by atoms with Crippen molar-refractivity contribution in [2.75, 3.05) is 6.54 Å². The molecule has 7 heteroatoms. The number of imide groups is 1. The van der Waals surface area contributed by atoms with Crippen LogP contribution in [0.1, 0.15) is 62.8 Å². The number of rotatable bonds is 6. The van der Waals surface area contributed by atoms with Gasteiger partial charge in [-0.3, -0.25) is 29.4 Å². The van der Waals surface area contributed by atoms with Crippen LogP contribution in [0.2, 0.25) is 0 Å². The molecule has 0 N–H and O–H groups in total. The van der Waals surface area contributed by atoms with E-state index >= 15 is 0 Å². The van der Waals surface area contributed by atoms with Gasteiger partial charge in [0, 0.05) is 17.7 Å². The summed E-state index contributed by atoms with van der Waals surface area (Å²) in [6.07, 6.45) is 0.981. The maximum atomic E-state index is 12.5. The Morgan fingerprint density at radius 1 is 1.07 bits per heavy atom. The van der Waals surface area contributed by atoms with Crippen LogP contribution >= 0.6 is 0 Å². The number of carbonyl (C=O) groups excluding carboxylic acids is 3. The first-order valence-electron chi connectivity index (χ1n) is 8.61. The molecule has 0 aromatic heterocycles. The second kappa shape index (κ2) is 7.11. The summed E-state index contributed by atoms with van der Waals surface area (Å²) in [6.45, 7) is 3.77. The molecule has 27 heavy (non-hydrogen) atoms. The van der Waals surface area contributed by atoms with Gasteiger partial charge < -0.3 is 0 Å². The molecule has 1 atom stereocenters. The van der Waals surface area contributed by atoms with Crippen LogP contribution in [-0.4, -0.2) is 34.0 Å². The molecular weight excluding hydrogens is 348 g/mol. The van der Waals surface area contributed by atoms with Crippen LogP contribution in [0.3, 0.4) is 0 Å². The van der Waals surface area contributed by atoms with E-state index < -0.39 is 23.3 Å². The topological polar surface area (TPSA) is 97.6 Å². The van der Waals surface area contributed by atoms with Gasteiger partial charge in [0.15, 0.2) is 5.78 Å². The molecule has 1 aliphatic heterocycles. The third-order valence-corrected chi connectivity index (χ3v) is 4.88. The number of amides is 2. The van der Waals surface area contributed by atoms with E-state index in [0.717, 1.165) is 23.0 Å². The summed E-state index contributed by atoms with van der Waals surface area (Å²) in [5, 5.41) is 10.9. The number of non-ortho nitro benzene ring substituents is 1. The zero-order valence-electron chi connectivity index (χ0n) is 15.0. The molecule has 138 valence electrons. The summed E-state index contributed by atoms with van der Waals surface area (Å²) < 4.78 is 0. The minimum atomic E-state index is -0.691. The van der Waals surface area contributed by atoms with E-state index in [4.69, 9.17) is 0 Å². The zero-order valence-corrected chi connectivity index (χ0v) is 15.0. The summed E-state index contributed by atoms with van der Waals surface area (Å²) in [6, 6.07) is 10.6. The number of fused-ring (bicyclic) bond motifs is 1. The lowest BCUT2D eigenvalue weighted by molar-refractivity contribution is -0.384. The Labute approximate surface area is 155 Å². The highest BCUT2D eigenvalue weighted by molar-refractivity contribution is 6.23. The lowest BCUT2D eigenvalue weighted by Crippen LogP contribution is -2.34. The van der Waals surface area contributed by atoms with E-state index in [2.05, 4.69) is 13.8 Å². The maximum Gasteiger partial charge on any atom is 0.270 e. The average Bonchev–Trinajstić information content (AvgIpc) is 2.91. The first-order chi connectivity index (χ1) is 12.8. The summed E-state index contributed by atoms with van der Waals surface area (Å²) >= 11 is 0. The number of carbonyl (C=O) groups is 3. The molecule has 2 amide bonds. The van der Waals surface area contributed by atoms with E-state index in [1.807, 2.05) is 12.1 Å². The molecule has 0 radical (unpaired) electrons. The van der Waals surface area contributed by atoms with E-state index in [0.29, 0.717) is 11.5 Å². The lowest BCUT2D eigenvalue weighted by atomic mass is 9.97. The molecule has 2 aromatic carbocycles. The standard InChI is InChI=1S/C20H18N2O5/c1-3-12(2)13-4-6-14(7-5-13)18(23)11-21-19(24)16-9-8-15(22(26)27)10-17(16)20(21)25/h4-10,12H,3,11H2,1-2H3/t12-/m0/s1. The number of nitro benzene ring substituents is 1. The van der Waals surface area contributed by atoms with Crippen LogP contribution in [0.4, 0.5) is 5.69 Å². The highest BCUT2D eigenvalue weighted by Crippen LogP contribution is 2.27. The number of nitro groups is 1. The second-order valence-corrected chi connectivity index (χ2v) is 6.54. The second-order valence-electron chi connectivity index (χ2n) is 6.54. The van der Waals surface area contributed by atoms with Crippen molar-refractivity contribution in [3.63, 3.8) is 0 Å². The minimum absolute atomic E-state index is 0.0471. The minimum Gasteiger partial charge on any atom is -0.292 e.